The molecule has 0 amide bonds. The second-order valence-electron chi connectivity index (χ2n) is 7.65. The van der Waals surface area contributed by atoms with Crippen LogP contribution in [0.2, 0.25) is 0 Å². The molecule has 0 radical (unpaired) electrons. The maximum absolute atomic E-state index is 15.5. The van der Waals surface area contributed by atoms with Crippen molar-refractivity contribution in [3.05, 3.63) is 58.2 Å². The summed E-state index contributed by atoms with van der Waals surface area (Å²) in [4.78, 5) is 4.08. The Bertz CT molecular complexity index is 1280. The number of aryl methyl sites for hydroxylation is 1. The molecule has 0 atom stereocenters. The molecule has 1 heterocycles. The van der Waals surface area contributed by atoms with Gasteiger partial charge >= 0.3 is 0 Å². The number of rotatable bonds is 7. The highest BCUT2D eigenvalue weighted by Gasteiger charge is 2.54. The Labute approximate surface area is 186 Å². The molecule has 0 saturated heterocycles. The van der Waals surface area contributed by atoms with Crippen molar-refractivity contribution in [2.45, 2.75) is 30.9 Å². The van der Waals surface area contributed by atoms with E-state index in [1.807, 2.05) is 0 Å². The first-order valence-corrected chi connectivity index (χ1v) is 11.9. The zero-order valence-electron chi connectivity index (χ0n) is 16.5. The van der Waals surface area contributed by atoms with Gasteiger partial charge in [-0.2, -0.15) is 0 Å². The highest BCUT2D eigenvalue weighted by atomic mass is 79.9. The van der Waals surface area contributed by atoms with E-state index >= 15 is 4.39 Å². The molecule has 1 aliphatic rings. The van der Waals surface area contributed by atoms with Crippen molar-refractivity contribution in [3.63, 3.8) is 0 Å². The van der Waals surface area contributed by atoms with Gasteiger partial charge in [0.1, 0.15) is 17.0 Å². The molecule has 1 saturated carbocycles. The summed E-state index contributed by atoms with van der Waals surface area (Å²) >= 11 is 3.17. The number of nitrogens with one attached hydrogen (secondary N) is 2. The van der Waals surface area contributed by atoms with E-state index in [4.69, 9.17) is 0 Å². The van der Waals surface area contributed by atoms with Gasteiger partial charge in [-0.05, 0) is 62.1 Å². The normalized spacial score (nSPS) is 15.1. The molecule has 1 aliphatic carbocycles. The molecule has 31 heavy (non-hydrogen) atoms. The number of anilines is 3. The lowest BCUT2D eigenvalue weighted by Gasteiger charge is -2.21. The van der Waals surface area contributed by atoms with Gasteiger partial charge in [-0.25, -0.2) is 17.2 Å². The minimum Gasteiger partial charge on any atom is -0.396 e. The highest BCUT2D eigenvalue weighted by Crippen LogP contribution is 2.48. The number of aliphatic hydroxyl groups is 1. The summed E-state index contributed by atoms with van der Waals surface area (Å²) in [7, 11) is -3.93. The molecule has 1 fully saturated rings. The number of pyridine rings is 1. The first-order valence-electron chi connectivity index (χ1n) is 9.60. The monoisotopic (exact) mass is 511 g/mol. The van der Waals surface area contributed by atoms with Crippen LogP contribution < -0.4 is 10.0 Å². The third-order valence-corrected chi connectivity index (χ3v) is 8.31. The fourth-order valence-electron chi connectivity index (χ4n) is 3.56. The number of aromatic nitrogens is 1. The predicted molar refractivity (Wildman–Crippen MR) is 120 cm³/mol. The molecule has 0 bridgehead atoms. The lowest BCUT2D eigenvalue weighted by Crippen LogP contribution is -2.31. The van der Waals surface area contributed by atoms with E-state index < -0.39 is 26.4 Å². The summed E-state index contributed by atoms with van der Waals surface area (Å²) in [6.07, 6.45) is 2.35. The van der Waals surface area contributed by atoms with Crippen LogP contribution in [0.1, 0.15) is 24.8 Å². The van der Waals surface area contributed by atoms with Crippen LogP contribution in [0.3, 0.4) is 0 Å². The van der Waals surface area contributed by atoms with Gasteiger partial charge < -0.3 is 10.4 Å². The summed E-state index contributed by atoms with van der Waals surface area (Å²) in [5.74, 6) is -1.44. The topological polar surface area (TPSA) is 91.3 Å². The molecular formula is C21H20BrF2N3O3S. The summed E-state index contributed by atoms with van der Waals surface area (Å²) in [6.45, 7) is 1.49. The Morgan fingerprint density at radius 2 is 1.94 bits per heavy atom. The van der Waals surface area contributed by atoms with Crippen molar-refractivity contribution in [2.24, 2.45) is 0 Å². The first kappa shape index (κ1) is 21.9. The lowest BCUT2D eigenvalue weighted by molar-refractivity contribution is 0.283. The first-order chi connectivity index (χ1) is 14.7. The van der Waals surface area contributed by atoms with E-state index in [0.717, 1.165) is 0 Å². The van der Waals surface area contributed by atoms with E-state index in [1.165, 1.54) is 24.4 Å². The summed E-state index contributed by atoms with van der Waals surface area (Å²) < 4.78 is 57.9. The number of hydrogen-bond donors (Lipinski definition) is 3. The zero-order valence-corrected chi connectivity index (χ0v) is 18.9. The third-order valence-electron chi connectivity index (χ3n) is 5.57. The molecule has 0 aliphatic heterocycles. The largest absolute Gasteiger partial charge is 0.396 e. The van der Waals surface area contributed by atoms with E-state index in [9.17, 15) is 17.9 Å². The number of benzene rings is 2. The van der Waals surface area contributed by atoms with Crippen LogP contribution in [0.25, 0.3) is 10.9 Å². The van der Waals surface area contributed by atoms with Crippen molar-refractivity contribution in [1.29, 1.82) is 0 Å². The molecule has 0 unspecified atom stereocenters. The maximum Gasteiger partial charge on any atom is 0.238 e. The van der Waals surface area contributed by atoms with Crippen molar-refractivity contribution in [2.75, 3.05) is 16.6 Å². The van der Waals surface area contributed by atoms with Gasteiger partial charge in [-0.1, -0.05) is 15.9 Å². The van der Waals surface area contributed by atoms with Crippen LogP contribution in [-0.4, -0.2) is 29.9 Å². The van der Waals surface area contributed by atoms with Crippen molar-refractivity contribution in [3.8, 4) is 0 Å². The second-order valence-corrected chi connectivity index (χ2v) is 10.6. The SMILES string of the molecule is Cc1ccnc2c(F)c(Nc3ccc(Br)cc3F)c(NS(=O)(=O)C3(CCO)CC3)cc12. The standard InChI is InChI=1S/C21H20BrF2N3O3S/c1-12-4-8-25-19-14(12)11-17(27-31(29,30)21(5-6-21)7-9-28)20(18(19)24)26-16-3-2-13(22)10-15(16)23/h2-4,8,10-11,26-28H,5-7,9H2,1H3. The molecule has 1 aromatic heterocycles. The molecule has 3 aromatic rings. The molecular weight excluding hydrogens is 492 g/mol. The Balaban J connectivity index is 1.86. The minimum absolute atomic E-state index is 0.0222. The van der Waals surface area contributed by atoms with Crippen LogP contribution >= 0.6 is 15.9 Å². The highest BCUT2D eigenvalue weighted by molar-refractivity contribution is 9.10. The van der Waals surface area contributed by atoms with E-state index in [2.05, 4.69) is 31.0 Å². The molecule has 6 nitrogen and oxygen atoms in total. The zero-order chi connectivity index (χ0) is 22.4. The van der Waals surface area contributed by atoms with Gasteiger partial charge in [-0.3, -0.25) is 9.71 Å². The van der Waals surface area contributed by atoms with Crippen molar-refractivity contribution in [1.82, 2.24) is 4.98 Å². The van der Waals surface area contributed by atoms with Crippen LogP contribution in [0.5, 0.6) is 0 Å². The molecule has 164 valence electrons. The van der Waals surface area contributed by atoms with E-state index in [0.29, 0.717) is 28.3 Å². The summed E-state index contributed by atoms with van der Waals surface area (Å²) in [6, 6.07) is 7.40. The Hall–Kier alpha value is -2.30. The number of nitrogens with zero attached hydrogens (tertiary/aromatic N) is 1. The molecule has 4 rings (SSSR count). The molecule has 10 heteroatoms. The van der Waals surface area contributed by atoms with Crippen LogP contribution in [0.15, 0.2) is 41.0 Å². The van der Waals surface area contributed by atoms with Gasteiger partial charge in [0.2, 0.25) is 10.0 Å². The molecule has 0 spiro atoms. The number of aliphatic hydroxyl groups excluding tert-OH is 1. The van der Waals surface area contributed by atoms with E-state index in [1.54, 1.807) is 19.1 Å². The number of halogens is 3. The fraction of sp³-hybridized carbons (Fsp3) is 0.286. The fourth-order valence-corrected chi connectivity index (χ4v) is 5.56. The predicted octanol–water partition coefficient (Wildman–Crippen LogP) is 4.98. The van der Waals surface area contributed by atoms with Crippen LogP contribution in [0, 0.1) is 18.6 Å². The van der Waals surface area contributed by atoms with Crippen LogP contribution in [-0.2, 0) is 10.0 Å². The van der Waals surface area contributed by atoms with Crippen molar-refractivity contribution < 1.29 is 22.3 Å². The average Bonchev–Trinajstić information content (AvgIpc) is 3.49. The Morgan fingerprint density at radius 1 is 1.19 bits per heavy atom. The van der Waals surface area contributed by atoms with Gasteiger partial charge in [0, 0.05) is 22.7 Å². The molecule has 2 aromatic carbocycles. The number of sulfonamides is 1. The van der Waals surface area contributed by atoms with Crippen molar-refractivity contribution >= 4 is 53.9 Å². The number of fused-ring (bicyclic) bond motifs is 1. The minimum atomic E-state index is -3.93. The van der Waals surface area contributed by atoms with Gasteiger partial charge in [0.15, 0.2) is 5.82 Å². The Morgan fingerprint density at radius 3 is 2.58 bits per heavy atom. The molecule has 3 N–H and O–H groups in total. The van der Waals surface area contributed by atoms with E-state index in [-0.39, 0.29) is 35.6 Å². The van der Waals surface area contributed by atoms with Crippen LogP contribution in [0.4, 0.5) is 25.8 Å². The van der Waals surface area contributed by atoms with Gasteiger partial charge in [0.05, 0.1) is 16.1 Å². The second kappa shape index (κ2) is 7.99. The van der Waals surface area contributed by atoms with Gasteiger partial charge in [0.25, 0.3) is 0 Å². The summed E-state index contributed by atoms with van der Waals surface area (Å²) in [5.41, 5.74) is 0.454. The third kappa shape index (κ3) is 3.99. The Kier molecular flexibility index (Phi) is 5.65. The van der Waals surface area contributed by atoms with Gasteiger partial charge in [-0.15, -0.1) is 0 Å². The number of hydrogen-bond acceptors (Lipinski definition) is 5. The maximum atomic E-state index is 15.5. The average molecular weight is 512 g/mol. The quantitative estimate of drug-likeness (QED) is 0.415. The summed E-state index contributed by atoms with van der Waals surface area (Å²) in [5, 5.41) is 12.4. The smallest absolute Gasteiger partial charge is 0.238 e. The lowest BCUT2D eigenvalue weighted by atomic mass is 10.1.